The first kappa shape index (κ1) is 13.0. The summed E-state index contributed by atoms with van der Waals surface area (Å²) < 4.78 is 20.0. The van der Waals surface area contributed by atoms with E-state index in [1.165, 1.54) is 6.07 Å². The van der Waals surface area contributed by atoms with Gasteiger partial charge in [-0.2, -0.15) is 5.10 Å². The molecule has 2 aromatic carbocycles. The molecule has 20 heavy (non-hydrogen) atoms. The van der Waals surface area contributed by atoms with Gasteiger partial charge in [0.05, 0.1) is 6.20 Å². The predicted octanol–water partition coefficient (Wildman–Crippen LogP) is 4.11. The maximum Gasteiger partial charge on any atom is 0.241 e. The van der Waals surface area contributed by atoms with E-state index in [0.29, 0.717) is 15.9 Å². The third-order valence-corrected chi connectivity index (χ3v) is 3.41. The van der Waals surface area contributed by atoms with Crippen molar-refractivity contribution in [2.75, 3.05) is 0 Å². The summed E-state index contributed by atoms with van der Waals surface area (Å²) in [6.45, 7) is 0.113. The summed E-state index contributed by atoms with van der Waals surface area (Å²) in [6, 6.07) is 12.5. The van der Waals surface area contributed by atoms with Crippen LogP contribution in [0.3, 0.4) is 0 Å². The number of rotatable bonds is 3. The zero-order chi connectivity index (χ0) is 13.9. The highest BCUT2D eigenvalue weighted by molar-refractivity contribution is 9.10. The molecule has 0 unspecified atom stereocenters. The number of hydrogen-bond donors (Lipinski definition) is 0. The second kappa shape index (κ2) is 5.54. The maximum absolute atomic E-state index is 13.7. The Bertz CT molecular complexity index is 758. The Morgan fingerprint density at radius 2 is 2.00 bits per heavy atom. The van der Waals surface area contributed by atoms with Crippen LogP contribution in [0.5, 0.6) is 5.88 Å². The molecule has 0 N–H and O–H groups in total. The van der Waals surface area contributed by atoms with Crippen molar-refractivity contribution < 1.29 is 9.13 Å². The third-order valence-electron chi connectivity index (χ3n) is 2.92. The van der Waals surface area contributed by atoms with Crippen LogP contribution in [-0.4, -0.2) is 10.2 Å². The van der Waals surface area contributed by atoms with Crippen LogP contribution in [0.2, 0.25) is 0 Å². The van der Waals surface area contributed by atoms with E-state index in [9.17, 15) is 4.39 Å². The fourth-order valence-electron chi connectivity index (χ4n) is 1.89. The van der Waals surface area contributed by atoms with Crippen LogP contribution in [0, 0.1) is 5.82 Å². The number of aromatic nitrogens is 2. The molecular formula is C15H10BrFN2O. The number of halogens is 2. The Labute approximate surface area is 123 Å². The van der Waals surface area contributed by atoms with Gasteiger partial charge in [0, 0.05) is 20.8 Å². The molecule has 3 rings (SSSR count). The summed E-state index contributed by atoms with van der Waals surface area (Å²) in [7, 11) is 0. The van der Waals surface area contributed by atoms with Crippen molar-refractivity contribution >= 4 is 26.7 Å². The number of hydrogen-bond acceptors (Lipinski definition) is 3. The van der Waals surface area contributed by atoms with Crippen LogP contribution >= 0.6 is 15.9 Å². The van der Waals surface area contributed by atoms with Gasteiger partial charge in [0.1, 0.15) is 12.4 Å². The molecule has 0 spiro atoms. The van der Waals surface area contributed by atoms with E-state index >= 15 is 0 Å². The number of ether oxygens (including phenoxy) is 1. The van der Waals surface area contributed by atoms with E-state index < -0.39 is 0 Å². The van der Waals surface area contributed by atoms with Gasteiger partial charge in [0.15, 0.2) is 0 Å². The topological polar surface area (TPSA) is 35.0 Å². The zero-order valence-corrected chi connectivity index (χ0v) is 12.0. The molecule has 0 saturated carbocycles. The third kappa shape index (κ3) is 2.63. The summed E-state index contributed by atoms with van der Waals surface area (Å²) in [5.41, 5.74) is 0.475. The standard InChI is InChI=1S/C15H10BrFN2O/c16-12-6-5-11(14(17)7-12)9-20-15-13-4-2-1-3-10(13)8-18-19-15/h1-8H,9H2. The van der Waals surface area contributed by atoms with Crippen LogP contribution in [0.4, 0.5) is 4.39 Å². The Morgan fingerprint density at radius 1 is 1.15 bits per heavy atom. The van der Waals surface area contributed by atoms with Crippen molar-refractivity contribution in [2.24, 2.45) is 0 Å². The van der Waals surface area contributed by atoms with Crippen LogP contribution < -0.4 is 4.74 Å². The number of nitrogens with zero attached hydrogens (tertiary/aromatic N) is 2. The SMILES string of the molecule is Fc1cc(Br)ccc1COc1nncc2ccccc12. The maximum atomic E-state index is 13.7. The van der Waals surface area contributed by atoms with Crippen LogP contribution in [0.25, 0.3) is 10.8 Å². The van der Waals surface area contributed by atoms with Crippen LogP contribution in [0.15, 0.2) is 53.1 Å². The molecule has 1 aromatic heterocycles. The first-order valence-electron chi connectivity index (χ1n) is 6.01. The van der Waals surface area contributed by atoms with Crippen molar-refractivity contribution in [2.45, 2.75) is 6.61 Å². The molecule has 0 saturated heterocycles. The lowest BCUT2D eigenvalue weighted by Gasteiger charge is -2.08. The smallest absolute Gasteiger partial charge is 0.241 e. The van der Waals surface area contributed by atoms with Gasteiger partial charge < -0.3 is 4.74 Å². The van der Waals surface area contributed by atoms with E-state index in [0.717, 1.165) is 10.8 Å². The summed E-state index contributed by atoms with van der Waals surface area (Å²) in [5.74, 6) is 0.0954. The van der Waals surface area contributed by atoms with Crippen LogP contribution in [-0.2, 0) is 6.61 Å². The van der Waals surface area contributed by atoms with E-state index in [2.05, 4.69) is 26.1 Å². The Morgan fingerprint density at radius 3 is 2.85 bits per heavy atom. The lowest BCUT2D eigenvalue weighted by atomic mass is 10.2. The van der Waals surface area contributed by atoms with Crippen molar-refractivity contribution in [3.8, 4) is 5.88 Å². The van der Waals surface area contributed by atoms with E-state index in [1.54, 1.807) is 18.3 Å². The minimum absolute atomic E-state index is 0.113. The molecule has 100 valence electrons. The molecule has 0 atom stereocenters. The number of fused-ring (bicyclic) bond motifs is 1. The quantitative estimate of drug-likeness (QED) is 0.723. The van der Waals surface area contributed by atoms with Gasteiger partial charge in [-0.1, -0.05) is 40.2 Å². The lowest BCUT2D eigenvalue weighted by molar-refractivity contribution is 0.288. The molecule has 0 radical (unpaired) electrons. The Balaban J connectivity index is 1.87. The van der Waals surface area contributed by atoms with Gasteiger partial charge in [0.25, 0.3) is 0 Å². The van der Waals surface area contributed by atoms with E-state index in [4.69, 9.17) is 4.74 Å². The molecule has 0 aliphatic rings. The average Bonchev–Trinajstić information content (AvgIpc) is 2.46. The van der Waals surface area contributed by atoms with Crippen molar-refractivity contribution in [1.29, 1.82) is 0 Å². The minimum atomic E-state index is -0.312. The fourth-order valence-corrected chi connectivity index (χ4v) is 2.23. The van der Waals surface area contributed by atoms with Crippen molar-refractivity contribution in [1.82, 2.24) is 10.2 Å². The lowest BCUT2D eigenvalue weighted by Crippen LogP contribution is -2.01. The first-order chi connectivity index (χ1) is 9.74. The summed E-state index contributed by atoms with van der Waals surface area (Å²) in [6.07, 6.45) is 1.67. The molecule has 0 aliphatic heterocycles. The van der Waals surface area contributed by atoms with Crippen molar-refractivity contribution in [3.05, 3.63) is 64.5 Å². The van der Waals surface area contributed by atoms with Gasteiger partial charge in [-0.25, -0.2) is 4.39 Å². The molecule has 3 nitrogen and oxygen atoms in total. The molecular weight excluding hydrogens is 323 g/mol. The predicted molar refractivity (Wildman–Crippen MR) is 78.0 cm³/mol. The normalized spacial score (nSPS) is 10.7. The highest BCUT2D eigenvalue weighted by Crippen LogP contribution is 2.23. The van der Waals surface area contributed by atoms with Gasteiger partial charge in [-0.3, -0.25) is 0 Å². The average molecular weight is 333 g/mol. The second-order valence-electron chi connectivity index (χ2n) is 4.26. The first-order valence-corrected chi connectivity index (χ1v) is 6.80. The largest absolute Gasteiger partial charge is 0.471 e. The van der Waals surface area contributed by atoms with Gasteiger partial charge >= 0.3 is 0 Å². The molecule has 0 aliphatic carbocycles. The van der Waals surface area contributed by atoms with Crippen molar-refractivity contribution in [3.63, 3.8) is 0 Å². The molecule has 0 amide bonds. The van der Waals surface area contributed by atoms with E-state index in [1.807, 2.05) is 24.3 Å². The molecule has 0 fully saturated rings. The van der Waals surface area contributed by atoms with Gasteiger partial charge in [-0.15, -0.1) is 5.10 Å². The number of benzene rings is 2. The highest BCUT2D eigenvalue weighted by Gasteiger charge is 2.07. The fraction of sp³-hybridized carbons (Fsp3) is 0.0667. The Kier molecular flexibility index (Phi) is 3.60. The second-order valence-corrected chi connectivity index (χ2v) is 5.18. The Hall–Kier alpha value is -2.01. The minimum Gasteiger partial charge on any atom is -0.471 e. The monoisotopic (exact) mass is 332 g/mol. The zero-order valence-electron chi connectivity index (χ0n) is 10.4. The summed E-state index contributed by atoms with van der Waals surface area (Å²) in [5, 5.41) is 9.65. The van der Waals surface area contributed by atoms with Gasteiger partial charge in [0.2, 0.25) is 5.88 Å². The summed E-state index contributed by atoms with van der Waals surface area (Å²) >= 11 is 3.22. The van der Waals surface area contributed by atoms with Crippen LogP contribution in [0.1, 0.15) is 5.56 Å². The summed E-state index contributed by atoms with van der Waals surface area (Å²) in [4.78, 5) is 0. The van der Waals surface area contributed by atoms with E-state index in [-0.39, 0.29) is 12.4 Å². The van der Waals surface area contributed by atoms with Gasteiger partial charge in [-0.05, 0) is 18.2 Å². The molecule has 1 heterocycles. The molecule has 0 bridgehead atoms. The molecule has 5 heteroatoms. The highest BCUT2D eigenvalue weighted by atomic mass is 79.9. The molecule has 3 aromatic rings.